The number of carbonyl (C=O) groups excluding carboxylic acids is 1. The van der Waals surface area contributed by atoms with E-state index in [-0.39, 0.29) is 11.5 Å². The number of nitrogens with one attached hydrogen (secondary N) is 1. The van der Waals surface area contributed by atoms with Crippen molar-refractivity contribution >= 4 is 17.7 Å². The van der Waals surface area contributed by atoms with Gasteiger partial charge >= 0.3 is 0 Å². The summed E-state index contributed by atoms with van der Waals surface area (Å²) in [5.74, 6) is 2.13. The molecule has 3 nitrogen and oxygen atoms in total. The molecule has 28 heavy (non-hydrogen) atoms. The van der Waals surface area contributed by atoms with Crippen molar-refractivity contribution < 1.29 is 9.53 Å². The highest BCUT2D eigenvalue weighted by Gasteiger charge is 2.34. The smallest absolute Gasteiger partial charge is 0.248 e. The van der Waals surface area contributed by atoms with E-state index >= 15 is 0 Å². The number of carbonyl (C=O) groups is 1. The quantitative estimate of drug-likeness (QED) is 0.598. The minimum absolute atomic E-state index is 0.144. The molecule has 0 saturated heterocycles. The molecule has 0 spiro atoms. The van der Waals surface area contributed by atoms with Crippen LogP contribution in [0.5, 0.6) is 5.75 Å². The SMILES string of the molecule is CC1CCC(C(C)(C)Oc2ccc(NC(=O)C=Cc3ccccc3)cc2)CC1. The van der Waals surface area contributed by atoms with Crippen molar-refractivity contribution in [2.75, 3.05) is 5.32 Å². The van der Waals surface area contributed by atoms with Crippen LogP contribution < -0.4 is 10.1 Å². The molecular weight excluding hydrogens is 346 g/mol. The highest BCUT2D eigenvalue weighted by Crippen LogP contribution is 2.37. The van der Waals surface area contributed by atoms with E-state index in [2.05, 4.69) is 26.1 Å². The van der Waals surface area contributed by atoms with Crippen molar-refractivity contribution in [1.82, 2.24) is 0 Å². The van der Waals surface area contributed by atoms with E-state index in [4.69, 9.17) is 4.74 Å². The molecule has 1 saturated carbocycles. The van der Waals surface area contributed by atoms with Crippen molar-refractivity contribution in [1.29, 1.82) is 0 Å². The Morgan fingerprint density at radius 2 is 1.64 bits per heavy atom. The predicted octanol–water partition coefficient (Wildman–Crippen LogP) is 6.32. The highest BCUT2D eigenvalue weighted by molar-refractivity contribution is 6.01. The fourth-order valence-electron chi connectivity index (χ4n) is 3.87. The average molecular weight is 378 g/mol. The molecule has 2 aromatic rings. The lowest BCUT2D eigenvalue weighted by molar-refractivity contribution is -0.111. The largest absolute Gasteiger partial charge is 0.488 e. The summed E-state index contributed by atoms with van der Waals surface area (Å²) in [7, 11) is 0. The van der Waals surface area contributed by atoms with Crippen LogP contribution in [0.15, 0.2) is 60.7 Å². The molecule has 3 heteroatoms. The summed E-state index contributed by atoms with van der Waals surface area (Å²) in [6.45, 7) is 6.72. The lowest BCUT2D eigenvalue weighted by Crippen LogP contribution is -2.39. The molecule has 0 unspecified atom stereocenters. The Balaban J connectivity index is 1.54. The Labute approximate surface area is 168 Å². The molecule has 2 aromatic carbocycles. The van der Waals surface area contributed by atoms with E-state index in [1.807, 2.05) is 54.6 Å². The molecule has 1 fully saturated rings. The summed E-state index contributed by atoms with van der Waals surface area (Å²) < 4.78 is 6.32. The number of benzene rings is 2. The third-order valence-electron chi connectivity index (χ3n) is 5.73. The van der Waals surface area contributed by atoms with E-state index < -0.39 is 0 Å². The monoisotopic (exact) mass is 377 g/mol. The third-order valence-corrected chi connectivity index (χ3v) is 5.73. The molecule has 148 valence electrons. The zero-order valence-corrected chi connectivity index (χ0v) is 17.2. The molecule has 0 bridgehead atoms. The minimum atomic E-state index is -0.177. The van der Waals surface area contributed by atoms with Crippen LogP contribution in [0.2, 0.25) is 0 Å². The van der Waals surface area contributed by atoms with Gasteiger partial charge in [-0.05, 0) is 74.4 Å². The molecule has 3 rings (SSSR count). The number of ether oxygens (including phenoxy) is 1. The number of hydrogen-bond donors (Lipinski definition) is 1. The van der Waals surface area contributed by atoms with Crippen molar-refractivity contribution in [3.63, 3.8) is 0 Å². The molecule has 1 aliphatic rings. The maximum Gasteiger partial charge on any atom is 0.248 e. The maximum absolute atomic E-state index is 12.1. The Hall–Kier alpha value is -2.55. The molecular formula is C25H31NO2. The normalized spacial score (nSPS) is 20.1. The van der Waals surface area contributed by atoms with Gasteiger partial charge in [0.05, 0.1) is 0 Å². The fourth-order valence-corrected chi connectivity index (χ4v) is 3.87. The van der Waals surface area contributed by atoms with E-state index in [1.54, 1.807) is 12.2 Å². The van der Waals surface area contributed by atoms with E-state index in [1.165, 1.54) is 25.7 Å². The number of hydrogen-bond acceptors (Lipinski definition) is 2. The van der Waals surface area contributed by atoms with Gasteiger partial charge < -0.3 is 10.1 Å². The molecule has 0 radical (unpaired) electrons. The first-order valence-corrected chi connectivity index (χ1v) is 10.3. The van der Waals surface area contributed by atoms with Crippen molar-refractivity contribution in [2.45, 2.75) is 52.1 Å². The molecule has 1 N–H and O–H groups in total. The number of amides is 1. The Bertz CT molecular complexity index is 785. The molecule has 0 aromatic heterocycles. The second kappa shape index (κ2) is 9.09. The summed E-state index contributed by atoms with van der Waals surface area (Å²) in [5.41, 5.74) is 1.59. The Kier molecular flexibility index (Phi) is 6.56. The van der Waals surface area contributed by atoms with Crippen molar-refractivity contribution in [3.8, 4) is 5.75 Å². The van der Waals surface area contributed by atoms with Gasteiger partial charge in [-0.2, -0.15) is 0 Å². The number of rotatable bonds is 6. The van der Waals surface area contributed by atoms with Crippen LogP contribution >= 0.6 is 0 Å². The molecule has 1 aliphatic carbocycles. The second-order valence-electron chi connectivity index (χ2n) is 8.42. The van der Waals surface area contributed by atoms with Crippen LogP contribution in [0.3, 0.4) is 0 Å². The summed E-state index contributed by atoms with van der Waals surface area (Å²) >= 11 is 0. The summed E-state index contributed by atoms with van der Waals surface area (Å²) in [5, 5.41) is 2.89. The van der Waals surface area contributed by atoms with Crippen molar-refractivity contribution in [3.05, 3.63) is 66.2 Å². The van der Waals surface area contributed by atoms with Gasteiger partial charge in [-0.15, -0.1) is 0 Å². The van der Waals surface area contributed by atoms with Crippen LogP contribution in [-0.4, -0.2) is 11.5 Å². The first-order chi connectivity index (χ1) is 13.4. The molecule has 0 aliphatic heterocycles. The van der Waals surface area contributed by atoms with Gasteiger partial charge in [-0.3, -0.25) is 4.79 Å². The van der Waals surface area contributed by atoms with Crippen molar-refractivity contribution in [2.24, 2.45) is 11.8 Å². The first kappa shape index (κ1) is 20.2. The van der Waals surface area contributed by atoms with Gasteiger partial charge in [-0.25, -0.2) is 0 Å². The van der Waals surface area contributed by atoms with E-state index in [9.17, 15) is 4.79 Å². The zero-order chi connectivity index (χ0) is 20.0. The van der Waals surface area contributed by atoms with Gasteiger partial charge in [0, 0.05) is 11.8 Å². The summed E-state index contributed by atoms with van der Waals surface area (Å²) in [6.07, 6.45) is 8.40. The standard InChI is InChI=1S/C25H31NO2/c1-19-9-12-21(13-10-19)25(2,3)28-23-16-14-22(15-17-23)26-24(27)18-11-20-7-5-4-6-8-20/h4-8,11,14-19,21H,9-10,12-13H2,1-3H3,(H,26,27). The average Bonchev–Trinajstić information content (AvgIpc) is 2.69. The first-order valence-electron chi connectivity index (χ1n) is 10.3. The Morgan fingerprint density at radius 1 is 1.00 bits per heavy atom. The van der Waals surface area contributed by atoms with Gasteiger partial charge in [0.25, 0.3) is 0 Å². The molecule has 1 amide bonds. The van der Waals surface area contributed by atoms with E-state index in [0.717, 1.165) is 22.9 Å². The lowest BCUT2D eigenvalue weighted by Gasteiger charge is -2.38. The Morgan fingerprint density at radius 3 is 2.29 bits per heavy atom. The van der Waals surface area contributed by atoms with E-state index in [0.29, 0.717) is 5.92 Å². The maximum atomic E-state index is 12.1. The molecule has 0 heterocycles. The van der Waals surface area contributed by atoms with Gasteiger partial charge in [-0.1, -0.05) is 50.1 Å². The van der Waals surface area contributed by atoms with Crippen LogP contribution in [0, 0.1) is 11.8 Å². The topological polar surface area (TPSA) is 38.3 Å². The van der Waals surface area contributed by atoms with Crippen LogP contribution in [0.25, 0.3) is 6.08 Å². The van der Waals surface area contributed by atoms with Gasteiger partial charge in [0.15, 0.2) is 0 Å². The predicted molar refractivity (Wildman–Crippen MR) is 116 cm³/mol. The third kappa shape index (κ3) is 5.72. The lowest BCUT2D eigenvalue weighted by atomic mass is 9.75. The van der Waals surface area contributed by atoms with Crippen LogP contribution in [0.1, 0.15) is 52.0 Å². The van der Waals surface area contributed by atoms with Crippen LogP contribution in [0.4, 0.5) is 5.69 Å². The van der Waals surface area contributed by atoms with Crippen LogP contribution in [-0.2, 0) is 4.79 Å². The van der Waals surface area contributed by atoms with Gasteiger partial charge in [0.1, 0.15) is 11.4 Å². The highest BCUT2D eigenvalue weighted by atomic mass is 16.5. The van der Waals surface area contributed by atoms with Gasteiger partial charge in [0.2, 0.25) is 5.91 Å². The summed E-state index contributed by atoms with van der Waals surface area (Å²) in [6, 6.07) is 17.4. The second-order valence-corrected chi connectivity index (χ2v) is 8.42. The number of anilines is 1. The zero-order valence-electron chi connectivity index (χ0n) is 17.2. The molecule has 0 atom stereocenters. The minimum Gasteiger partial charge on any atom is -0.488 e. The fraction of sp³-hybridized carbons (Fsp3) is 0.400. The summed E-state index contributed by atoms with van der Waals surface area (Å²) in [4.78, 5) is 12.1.